The minimum atomic E-state index is -0.120. The molecule has 1 fully saturated rings. The number of nitrogens with one attached hydrogen (secondary N) is 1. The summed E-state index contributed by atoms with van der Waals surface area (Å²) < 4.78 is 9.44. The lowest BCUT2D eigenvalue weighted by atomic mass is 9.96. The minimum Gasteiger partial charge on any atom is -0.457 e. The molecule has 0 bridgehead atoms. The molecule has 2 atom stereocenters. The summed E-state index contributed by atoms with van der Waals surface area (Å²) in [5, 5.41) is 4.24. The molecule has 5 nitrogen and oxygen atoms in total. The Bertz CT molecular complexity index is 1670. The van der Waals surface area contributed by atoms with Gasteiger partial charge in [-0.1, -0.05) is 35.9 Å². The van der Waals surface area contributed by atoms with E-state index in [1.165, 1.54) is 11.1 Å². The van der Waals surface area contributed by atoms with Gasteiger partial charge in [-0.25, -0.2) is 0 Å². The zero-order valence-electron chi connectivity index (χ0n) is 22.5. The van der Waals surface area contributed by atoms with Crippen molar-refractivity contribution in [2.45, 2.75) is 32.9 Å². The van der Waals surface area contributed by atoms with Crippen molar-refractivity contribution in [3.63, 3.8) is 0 Å². The van der Waals surface area contributed by atoms with Crippen LogP contribution >= 0.6 is 28.1 Å². The standard InChI is InChI=1S/C33H29BrN4OS/c1-21-11-15-25(16-12-21)39-26-17-13-24(14-18-26)38-32(31(36-33(38)40)29-9-6-7-19-35-29)27-20-22(2)37(23(27)3)30-10-5-4-8-28(30)34/h4-20,31-32H,1-3H3,(H,36,40). The predicted molar refractivity (Wildman–Crippen MR) is 169 cm³/mol. The van der Waals surface area contributed by atoms with E-state index in [1.54, 1.807) is 0 Å². The van der Waals surface area contributed by atoms with Gasteiger partial charge in [0.15, 0.2) is 5.11 Å². The van der Waals surface area contributed by atoms with Crippen molar-refractivity contribution in [2.75, 3.05) is 4.90 Å². The van der Waals surface area contributed by atoms with Crippen LogP contribution in [0.1, 0.15) is 40.3 Å². The third-order valence-corrected chi connectivity index (χ3v) is 8.34. The second-order valence-electron chi connectivity index (χ2n) is 10.0. The number of nitrogens with zero attached hydrogens (tertiary/aromatic N) is 3. The van der Waals surface area contributed by atoms with Crippen LogP contribution in [0.4, 0.5) is 5.69 Å². The van der Waals surface area contributed by atoms with Gasteiger partial charge in [0, 0.05) is 27.7 Å². The van der Waals surface area contributed by atoms with E-state index in [4.69, 9.17) is 21.9 Å². The quantitative estimate of drug-likeness (QED) is 0.196. The summed E-state index contributed by atoms with van der Waals surface area (Å²) in [5.74, 6) is 1.58. The van der Waals surface area contributed by atoms with Crippen molar-refractivity contribution < 1.29 is 4.74 Å². The first-order valence-corrected chi connectivity index (χ1v) is 14.4. The highest BCUT2D eigenvalue weighted by atomic mass is 79.9. The molecule has 1 aliphatic heterocycles. The van der Waals surface area contributed by atoms with E-state index in [0.29, 0.717) is 5.11 Å². The van der Waals surface area contributed by atoms with E-state index in [-0.39, 0.29) is 12.1 Å². The summed E-state index contributed by atoms with van der Waals surface area (Å²) in [6, 6.07) is 32.6. The van der Waals surface area contributed by atoms with Gasteiger partial charge < -0.3 is 19.5 Å². The number of pyridine rings is 1. The summed E-state index contributed by atoms with van der Waals surface area (Å²) >= 11 is 9.71. The number of rotatable bonds is 6. The van der Waals surface area contributed by atoms with Crippen LogP contribution in [-0.4, -0.2) is 14.7 Å². The first-order chi connectivity index (χ1) is 19.4. The zero-order chi connectivity index (χ0) is 27.8. The summed E-state index contributed by atoms with van der Waals surface area (Å²) in [5.41, 5.74) is 7.74. The van der Waals surface area contributed by atoms with Crippen molar-refractivity contribution in [2.24, 2.45) is 0 Å². The third kappa shape index (κ3) is 4.91. The van der Waals surface area contributed by atoms with Gasteiger partial charge >= 0.3 is 0 Å². The number of aryl methyl sites for hydroxylation is 2. The summed E-state index contributed by atoms with van der Waals surface area (Å²) in [7, 11) is 0. The van der Waals surface area contributed by atoms with Crippen LogP contribution in [0, 0.1) is 20.8 Å². The van der Waals surface area contributed by atoms with Crippen molar-refractivity contribution in [1.29, 1.82) is 0 Å². The molecule has 7 heteroatoms. The van der Waals surface area contributed by atoms with Gasteiger partial charge in [-0.05, 0) is 121 Å². The lowest BCUT2D eigenvalue weighted by Crippen LogP contribution is -2.29. The van der Waals surface area contributed by atoms with E-state index in [1.807, 2.05) is 60.8 Å². The molecule has 1 saturated heterocycles. The highest BCUT2D eigenvalue weighted by molar-refractivity contribution is 9.10. The molecule has 0 saturated carbocycles. The number of para-hydroxylation sites is 1. The van der Waals surface area contributed by atoms with Crippen molar-refractivity contribution >= 4 is 38.9 Å². The molecule has 200 valence electrons. The molecule has 1 aliphatic rings. The summed E-state index contributed by atoms with van der Waals surface area (Å²) in [6.07, 6.45) is 1.83. The predicted octanol–water partition coefficient (Wildman–Crippen LogP) is 8.53. The summed E-state index contributed by atoms with van der Waals surface area (Å²) in [4.78, 5) is 6.92. The number of anilines is 1. The zero-order valence-corrected chi connectivity index (χ0v) is 24.9. The van der Waals surface area contributed by atoms with Crippen molar-refractivity contribution in [3.05, 3.63) is 136 Å². The minimum absolute atomic E-state index is 0.103. The van der Waals surface area contributed by atoms with E-state index in [0.717, 1.165) is 44.4 Å². The van der Waals surface area contributed by atoms with Crippen LogP contribution in [0.25, 0.3) is 5.69 Å². The smallest absolute Gasteiger partial charge is 0.174 e. The molecule has 0 spiro atoms. The Labute approximate surface area is 248 Å². The average Bonchev–Trinajstić information content (AvgIpc) is 3.46. The Kier molecular flexibility index (Phi) is 7.17. The molecule has 40 heavy (non-hydrogen) atoms. The Morgan fingerprint density at radius 2 is 1.52 bits per heavy atom. The molecule has 0 radical (unpaired) electrons. The fourth-order valence-corrected chi connectivity index (χ4v) is 6.27. The molecule has 5 aromatic rings. The second-order valence-corrected chi connectivity index (χ2v) is 11.3. The molecule has 3 heterocycles. The number of hydrogen-bond donors (Lipinski definition) is 1. The molecular weight excluding hydrogens is 580 g/mol. The van der Waals surface area contributed by atoms with Crippen LogP contribution in [0.3, 0.4) is 0 Å². The van der Waals surface area contributed by atoms with Gasteiger partial charge in [-0.3, -0.25) is 4.98 Å². The second kappa shape index (κ2) is 10.9. The first kappa shape index (κ1) is 26.3. The highest BCUT2D eigenvalue weighted by Crippen LogP contribution is 2.44. The molecule has 2 aromatic heterocycles. The normalized spacial score (nSPS) is 16.7. The van der Waals surface area contributed by atoms with Crippen molar-refractivity contribution in [1.82, 2.24) is 14.9 Å². The highest BCUT2D eigenvalue weighted by Gasteiger charge is 2.42. The van der Waals surface area contributed by atoms with E-state index in [2.05, 4.69) is 93.9 Å². The van der Waals surface area contributed by atoms with Crippen LogP contribution in [0.15, 0.2) is 108 Å². The van der Waals surface area contributed by atoms with Gasteiger partial charge in [0.2, 0.25) is 0 Å². The van der Waals surface area contributed by atoms with E-state index < -0.39 is 0 Å². The molecular formula is C33H29BrN4OS. The Morgan fingerprint density at radius 1 is 0.850 bits per heavy atom. The maximum atomic E-state index is 6.09. The Balaban J connectivity index is 1.41. The van der Waals surface area contributed by atoms with Crippen LogP contribution in [0.5, 0.6) is 11.5 Å². The lowest BCUT2D eigenvalue weighted by molar-refractivity contribution is 0.482. The fraction of sp³-hybridized carbons (Fsp3) is 0.152. The molecule has 0 amide bonds. The number of hydrogen-bond acceptors (Lipinski definition) is 3. The van der Waals surface area contributed by atoms with Crippen LogP contribution < -0.4 is 15.0 Å². The van der Waals surface area contributed by atoms with Crippen molar-refractivity contribution in [3.8, 4) is 17.2 Å². The molecule has 0 aliphatic carbocycles. The maximum Gasteiger partial charge on any atom is 0.174 e. The first-order valence-electron chi connectivity index (χ1n) is 13.2. The Hall–Kier alpha value is -3.94. The van der Waals surface area contributed by atoms with E-state index in [9.17, 15) is 0 Å². The number of aromatic nitrogens is 2. The number of benzene rings is 3. The van der Waals surface area contributed by atoms with E-state index >= 15 is 0 Å². The largest absolute Gasteiger partial charge is 0.457 e. The average molecular weight is 610 g/mol. The Morgan fingerprint density at radius 3 is 2.20 bits per heavy atom. The van der Waals surface area contributed by atoms with Crippen LogP contribution in [0.2, 0.25) is 0 Å². The van der Waals surface area contributed by atoms with Crippen LogP contribution in [-0.2, 0) is 0 Å². The number of halogens is 1. The molecule has 1 N–H and O–H groups in total. The maximum absolute atomic E-state index is 6.09. The number of ether oxygens (including phenoxy) is 1. The molecule has 6 rings (SSSR count). The summed E-state index contributed by atoms with van der Waals surface area (Å²) in [6.45, 7) is 6.39. The van der Waals surface area contributed by atoms with Gasteiger partial charge in [-0.15, -0.1) is 0 Å². The molecule has 3 aromatic carbocycles. The molecule has 2 unspecified atom stereocenters. The van der Waals surface area contributed by atoms with Gasteiger partial charge in [0.25, 0.3) is 0 Å². The monoisotopic (exact) mass is 608 g/mol. The fourth-order valence-electron chi connectivity index (χ4n) is 5.46. The number of thiocarbonyl (C=S) groups is 1. The topological polar surface area (TPSA) is 42.3 Å². The SMILES string of the molecule is Cc1ccc(Oc2ccc(N3C(=S)NC(c4ccccn4)C3c3cc(C)n(-c4ccccc4Br)c3C)cc2)cc1. The van der Waals surface area contributed by atoms with Gasteiger partial charge in [0.1, 0.15) is 11.5 Å². The van der Waals surface area contributed by atoms with Gasteiger partial charge in [0.05, 0.1) is 23.5 Å². The lowest BCUT2D eigenvalue weighted by Gasteiger charge is -2.28. The van der Waals surface area contributed by atoms with Gasteiger partial charge in [-0.2, -0.15) is 0 Å². The third-order valence-electron chi connectivity index (χ3n) is 7.35.